The van der Waals surface area contributed by atoms with Gasteiger partial charge in [0.2, 0.25) is 0 Å². The minimum absolute atomic E-state index is 0.479. The summed E-state index contributed by atoms with van der Waals surface area (Å²) >= 11 is 5.50. The quantitative estimate of drug-likeness (QED) is 0.168. The summed E-state index contributed by atoms with van der Waals surface area (Å²) < 4.78 is 0. The largest absolute Gasteiger partial charge is 0.330 e. The maximum Gasteiger partial charge on any atom is 0.168 e. The van der Waals surface area contributed by atoms with Crippen LogP contribution in [0.4, 0.5) is 0 Å². The summed E-state index contributed by atoms with van der Waals surface area (Å²) in [6.07, 6.45) is 17.7. The third-order valence-electron chi connectivity index (χ3n) is 4.22. The van der Waals surface area contributed by atoms with Gasteiger partial charge in [0, 0.05) is 55.1 Å². The van der Waals surface area contributed by atoms with Crippen molar-refractivity contribution >= 4 is 47.8 Å². The number of aromatic nitrogens is 3. The Hall–Kier alpha value is -2.20. The summed E-state index contributed by atoms with van der Waals surface area (Å²) in [5.41, 5.74) is 7.75. The molecule has 3 aromatic rings. The van der Waals surface area contributed by atoms with Gasteiger partial charge in [-0.25, -0.2) is 0 Å². The van der Waals surface area contributed by atoms with Gasteiger partial charge in [-0.2, -0.15) is 35.3 Å². The first-order valence-electron chi connectivity index (χ1n) is 12.1. The normalized spacial score (nSPS) is 9.73. The molecule has 9 heteroatoms. The first kappa shape index (κ1) is 34.8. The van der Waals surface area contributed by atoms with Crippen LogP contribution in [0.2, 0.25) is 0 Å². The van der Waals surface area contributed by atoms with Crippen molar-refractivity contribution in [3.63, 3.8) is 0 Å². The second-order valence-corrected chi connectivity index (χ2v) is 10.2. The van der Waals surface area contributed by atoms with Gasteiger partial charge in [-0.15, -0.1) is 0 Å². The van der Waals surface area contributed by atoms with Gasteiger partial charge in [0.25, 0.3) is 0 Å². The van der Waals surface area contributed by atoms with E-state index in [0.717, 1.165) is 43.0 Å². The Kier molecular flexibility index (Phi) is 26.7. The number of aliphatic imine (C=N–C) groups is 1. The Labute approximate surface area is 236 Å². The summed E-state index contributed by atoms with van der Waals surface area (Å²) in [5, 5.41) is 0. The molecule has 37 heavy (non-hydrogen) atoms. The molecular weight excluding hydrogens is 519 g/mol. The number of thioether (sulfide) groups is 3. The molecule has 0 radical (unpaired) electrons. The van der Waals surface area contributed by atoms with Crippen LogP contribution in [0.1, 0.15) is 34.7 Å². The fraction of sp³-hybridized carbons (Fsp3) is 0.393. The number of hydrogen-bond acceptors (Lipinski definition) is 9. The number of nitrogens with two attached hydrogens (primary N) is 1. The van der Waals surface area contributed by atoms with Gasteiger partial charge in [-0.1, -0.05) is 18.2 Å². The summed E-state index contributed by atoms with van der Waals surface area (Å²) in [5.74, 6) is 3.43. The van der Waals surface area contributed by atoms with Crippen LogP contribution in [-0.4, -0.2) is 76.6 Å². The number of unbranched alkanes of at least 4 members (excludes halogenated alkanes) is 1. The number of aldehydes is 1. The van der Waals surface area contributed by atoms with Crippen molar-refractivity contribution in [2.24, 2.45) is 10.7 Å². The van der Waals surface area contributed by atoms with Gasteiger partial charge in [0.15, 0.2) is 6.29 Å². The van der Waals surface area contributed by atoms with E-state index in [0.29, 0.717) is 5.69 Å². The van der Waals surface area contributed by atoms with Gasteiger partial charge in [0.05, 0.1) is 5.69 Å². The third-order valence-corrected chi connectivity index (χ3v) is 6.16. The van der Waals surface area contributed by atoms with Crippen LogP contribution in [0.5, 0.6) is 0 Å². The van der Waals surface area contributed by atoms with Crippen LogP contribution in [0.15, 0.2) is 78.2 Å². The van der Waals surface area contributed by atoms with E-state index in [2.05, 4.69) is 44.6 Å². The number of carbonyl (C=O) groups is 1. The molecular formula is C28H41N5OS3. The van der Waals surface area contributed by atoms with E-state index in [1.54, 1.807) is 54.1 Å². The number of hydrogen-bond donors (Lipinski definition) is 1. The molecule has 2 N–H and O–H groups in total. The van der Waals surface area contributed by atoms with Crippen molar-refractivity contribution in [1.29, 1.82) is 0 Å². The highest BCUT2D eigenvalue weighted by molar-refractivity contribution is 7.99. The zero-order valence-electron chi connectivity index (χ0n) is 22.2. The molecule has 202 valence electrons. The Morgan fingerprint density at radius 2 is 1.35 bits per heavy atom. The highest BCUT2D eigenvalue weighted by atomic mass is 32.2. The van der Waals surface area contributed by atoms with E-state index >= 15 is 0 Å². The topological polar surface area (TPSA) is 94.1 Å². The van der Waals surface area contributed by atoms with Crippen LogP contribution in [0, 0.1) is 0 Å². The molecule has 0 aliphatic heterocycles. The van der Waals surface area contributed by atoms with Crippen molar-refractivity contribution in [2.75, 3.05) is 49.1 Å². The van der Waals surface area contributed by atoms with E-state index in [9.17, 15) is 4.79 Å². The van der Waals surface area contributed by atoms with E-state index in [-0.39, 0.29) is 0 Å². The highest BCUT2D eigenvalue weighted by Crippen LogP contribution is 2.04. The van der Waals surface area contributed by atoms with Gasteiger partial charge in [0.1, 0.15) is 5.69 Å². The molecule has 0 saturated heterocycles. The van der Waals surface area contributed by atoms with Crippen LogP contribution in [0.3, 0.4) is 0 Å². The molecule has 0 fully saturated rings. The monoisotopic (exact) mass is 559 g/mol. The first-order chi connectivity index (χ1) is 18.2. The zero-order chi connectivity index (χ0) is 27.2. The van der Waals surface area contributed by atoms with E-state index in [4.69, 9.17) is 5.73 Å². The van der Waals surface area contributed by atoms with E-state index in [1.807, 2.05) is 54.7 Å². The number of pyridine rings is 3. The lowest BCUT2D eigenvalue weighted by Gasteiger charge is -1.98. The summed E-state index contributed by atoms with van der Waals surface area (Å²) in [6.45, 7) is 1.68. The van der Waals surface area contributed by atoms with Crippen LogP contribution < -0.4 is 5.73 Å². The minimum atomic E-state index is 0.479. The Bertz CT molecular complexity index is 886. The van der Waals surface area contributed by atoms with Crippen molar-refractivity contribution in [3.05, 3.63) is 90.3 Å². The second kappa shape index (κ2) is 28.4. The average Bonchev–Trinajstić information content (AvgIpc) is 2.96. The van der Waals surface area contributed by atoms with Gasteiger partial charge < -0.3 is 5.73 Å². The lowest BCUT2D eigenvalue weighted by Crippen LogP contribution is -1.99. The minimum Gasteiger partial charge on any atom is -0.330 e. The highest BCUT2D eigenvalue weighted by Gasteiger charge is 1.92. The van der Waals surface area contributed by atoms with Crippen molar-refractivity contribution in [3.8, 4) is 0 Å². The van der Waals surface area contributed by atoms with Crippen molar-refractivity contribution in [1.82, 2.24) is 15.0 Å². The van der Waals surface area contributed by atoms with E-state index < -0.39 is 0 Å². The third kappa shape index (κ3) is 23.9. The number of rotatable bonds is 12. The Morgan fingerprint density at radius 1 is 0.757 bits per heavy atom. The molecule has 0 atom stereocenters. The molecule has 3 rings (SSSR count). The summed E-state index contributed by atoms with van der Waals surface area (Å²) in [4.78, 5) is 26.3. The van der Waals surface area contributed by atoms with Crippen molar-refractivity contribution < 1.29 is 4.79 Å². The zero-order valence-corrected chi connectivity index (χ0v) is 24.7. The predicted molar refractivity (Wildman–Crippen MR) is 168 cm³/mol. The fourth-order valence-corrected chi connectivity index (χ4v) is 3.43. The number of aryl methyl sites for hydroxylation is 1. The summed E-state index contributed by atoms with van der Waals surface area (Å²) in [6, 6.07) is 17.1. The standard InChI is InChI=1S/C10H15NS.C9H12N2S.C6H5NO.C3H9NS/c1-12-9-5-3-7-10-6-2-4-8-11-10;1-12-7-6-10-8-9-4-2-3-5-11-9;8-5-6-3-1-2-4-7-6;1-5-3-2-4/h2,4,6,8H,3,5,7,9H2,1H3;2-5,8H,6-7H2,1H3;1-5H;2-4H2,1H3. The smallest absolute Gasteiger partial charge is 0.168 e. The molecule has 0 aliphatic rings. The van der Waals surface area contributed by atoms with Gasteiger partial charge in [-0.05, 0) is 80.2 Å². The molecule has 0 unspecified atom stereocenters. The Balaban J connectivity index is 0.000000490. The number of nitrogens with zero attached hydrogens (tertiary/aromatic N) is 4. The van der Waals surface area contributed by atoms with Gasteiger partial charge >= 0.3 is 0 Å². The predicted octanol–water partition coefficient (Wildman–Crippen LogP) is 5.83. The lowest BCUT2D eigenvalue weighted by molar-refractivity contribution is 0.111. The Morgan fingerprint density at radius 3 is 1.78 bits per heavy atom. The van der Waals surface area contributed by atoms with Crippen LogP contribution >= 0.6 is 35.3 Å². The molecule has 0 bridgehead atoms. The molecule has 6 nitrogen and oxygen atoms in total. The second-order valence-electron chi connectivity index (χ2n) is 7.21. The van der Waals surface area contributed by atoms with E-state index in [1.165, 1.54) is 24.3 Å². The maximum atomic E-state index is 9.94. The molecule has 3 aromatic heterocycles. The van der Waals surface area contributed by atoms with Crippen LogP contribution in [0.25, 0.3) is 0 Å². The molecule has 0 aromatic carbocycles. The summed E-state index contributed by atoms with van der Waals surface area (Å²) in [7, 11) is 0. The maximum absolute atomic E-state index is 9.94. The number of carbonyl (C=O) groups excluding carboxylic acids is 1. The van der Waals surface area contributed by atoms with Crippen LogP contribution in [-0.2, 0) is 6.42 Å². The molecule has 0 amide bonds. The molecule has 0 aliphatic carbocycles. The van der Waals surface area contributed by atoms with Crippen molar-refractivity contribution in [2.45, 2.75) is 19.3 Å². The molecule has 3 heterocycles. The molecule has 0 spiro atoms. The first-order valence-corrected chi connectivity index (χ1v) is 16.2. The lowest BCUT2D eigenvalue weighted by atomic mass is 10.2. The SMILES string of the molecule is CSCCCCc1ccccn1.CSCCN.CSCCN=Cc1ccccn1.O=Cc1ccccn1. The van der Waals surface area contributed by atoms with Gasteiger partial charge in [-0.3, -0.25) is 24.7 Å². The average molecular weight is 560 g/mol. The molecule has 0 saturated carbocycles. The fourth-order valence-electron chi connectivity index (χ4n) is 2.42.